The zero-order valence-electron chi connectivity index (χ0n) is 24.7. The quantitative estimate of drug-likeness (QED) is 0.251. The normalized spacial score (nSPS) is 15.8. The third-order valence-electron chi connectivity index (χ3n) is 8.11. The number of nitrogens with zero attached hydrogens (tertiary/aromatic N) is 6. The second-order valence-corrected chi connectivity index (χ2v) is 11.3. The van der Waals surface area contributed by atoms with E-state index in [9.17, 15) is 4.79 Å². The summed E-state index contributed by atoms with van der Waals surface area (Å²) in [5.74, 6) is 2.95. The molecule has 2 aliphatic heterocycles. The lowest BCUT2D eigenvalue weighted by atomic mass is 9.89. The number of fused-ring (bicyclic) bond motifs is 1. The molecule has 43 heavy (non-hydrogen) atoms. The summed E-state index contributed by atoms with van der Waals surface area (Å²) in [6, 6.07) is 15.0. The molecule has 4 heterocycles. The maximum atomic E-state index is 14.1. The van der Waals surface area contributed by atoms with Crippen molar-refractivity contribution >= 4 is 46.6 Å². The van der Waals surface area contributed by atoms with Crippen LogP contribution < -0.4 is 24.6 Å². The number of hydrogen-bond donors (Lipinski definition) is 1. The predicted octanol–water partition coefficient (Wildman–Crippen LogP) is 6.68. The van der Waals surface area contributed by atoms with Gasteiger partial charge in [-0.15, -0.1) is 0 Å². The van der Waals surface area contributed by atoms with Gasteiger partial charge in [0.05, 0.1) is 43.4 Å². The van der Waals surface area contributed by atoms with Gasteiger partial charge in [-0.2, -0.15) is 4.98 Å². The summed E-state index contributed by atoms with van der Waals surface area (Å²) < 4.78 is 11.1. The van der Waals surface area contributed by atoms with E-state index >= 15 is 0 Å². The van der Waals surface area contributed by atoms with Crippen LogP contribution in [0.25, 0.3) is 0 Å². The lowest BCUT2D eigenvalue weighted by Gasteiger charge is -2.36. The molecule has 10 nitrogen and oxygen atoms in total. The summed E-state index contributed by atoms with van der Waals surface area (Å²) in [5, 5.41) is 3.79. The summed E-state index contributed by atoms with van der Waals surface area (Å²) >= 11 is 6.60. The number of urea groups is 1. The van der Waals surface area contributed by atoms with Crippen molar-refractivity contribution in [1.29, 1.82) is 0 Å². The standard InChI is InChI=1S/C32H34ClN7O3/c1-20-6-5-7-25(33)29(20)39-19-23-17-35-31(37-30(23)40(32(39)41)28-11-9-24(42-3)18-34-28)36-26-10-8-22(16-27(26)43-4)21-12-14-38(2)15-13-21/h5-11,16-18,21H,12-15,19H2,1-4H3,(H,35,36,37). The first-order valence-corrected chi connectivity index (χ1v) is 14.6. The van der Waals surface area contributed by atoms with Gasteiger partial charge in [0.2, 0.25) is 5.95 Å². The van der Waals surface area contributed by atoms with Crippen molar-refractivity contribution in [2.45, 2.75) is 32.2 Å². The number of amides is 2. The van der Waals surface area contributed by atoms with Gasteiger partial charge < -0.3 is 19.7 Å². The van der Waals surface area contributed by atoms with Crippen LogP contribution in [0, 0.1) is 6.92 Å². The van der Waals surface area contributed by atoms with Gasteiger partial charge in [0.25, 0.3) is 0 Å². The van der Waals surface area contributed by atoms with Crippen LogP contribution in [0.2, 0.25) is 5.02 Å². The number of nitrogens with one attached hydrogen (secondary N) is 1. The predicted molar refractivity (Wildman–Crippen MR) is 168 cm³/mol. The maximum absolute atomic E-state index is 14.1. The average molecular weight is 600 g/mol. The van der Waals surface area contributed by atoms with E-state index in [1.54, 1.807) is 49.7 Å². The number of ether oxygens (including phenoxy) is 2. The first-order valence-electron chi connectivity index (χ1n) is 14.2. The number of likely N-dealkylation sites (tertiary alicyclic amines) is 1. The average Bonchev–Trinajstić information content (AvgIpc) is 3.02. The molecule has 1 saturated heterocycles. The Kier molecular flexibility index (Phi) is 8.05. The molecule has 0 aliphatic carbocycles. The second kappa shape index (κ2) is 12.1. The number of benzene rings is 2. The van der Waals surface area contributed by atoms with Crippen molar-refractivity contribution in [3.63, 3.8) is 0 Å². The second-order valence-electron chi connectivity index (χ2n) is 10.9. The van der Waals surface area contributed by atoms with E-state index in [0.29, 0.717) is 45.7 Å². The number of para-hydroxylation sites is 1. The Balaban J connectivity index is 1.36. The highest BCUT2D eigenvalue weighted by Gasteiger charge is 2.36. The zero-order valence-corrected chi connectivity index (χ0v) is 25.4. The molecule has 2 aromatic heterocycles. The molecule has 2 amide bonds. The van der Waals surface area contributed by atoms with E-state index in [1.807, 2.05) is 25.1 Å². The number of halogens is 1. The van der Waals surface area contributed by atoms with Gasteiger partial charge in [-0.1, -0.05) is 29.8 Å². The topological polar surface area (TPSA) is 96.0 Å². The molecule has 4 aromatic rings. The molecule has 1 N–H and O–H groups in total. The molecular formula is C32H34ClN7O3. The molecule has 6 rings (SSSR count). The van der Waals surface area contributed by atoms with Gasteiger partial charge in [-0.05, 0) is 87.3 Å². The van der Waals surface area contributed by atoms with Crippen molar-refractivity contribution in [3.05, 3.63) is 82.6 Å². The zero-order chi connectivity index (χ0) is 30.1. The third-order valence-corrected chi connectivity index (χ3v) is 8.42. The maximum Gasteiger partial charge on any atom is 0.336 e. The monoisotopic (exact) mass is 599 g/mol. The summed E-state index contributed by atoms with van der Waals surface area (Å²) in [5.41, 5.74) is 4.26. The third kappa shape index (κ3) is 5.68. The molecule has 11 heteroatoms. The Morgan fingerprint density at radius 2 is 1.81 bits per heavy atom. The molecule has 2 aromatic carbocycles. The number of aryl methyl sites for hydroxylation is 1. The molecule has 0 spiro atoms. The minimum absolute atomic E-state index is 0.250. The molecule has 0 saturated carbocycles. The fourth-order valence-corrected chi connectivity index (χ4v) is 6.04. The van der Waals surface area contributed by atoms with Crippen LogP contribution >= 0.6 is 11.6 Å². The van der Waals surface area contributed by atoms with Crippen molar-refractivity contribution in [2.24, 2.45) is 0 Å². The van der Waals surface area contributed by atoms with E-state index in [4.69, 9.17) is 26.1 Å². The first kappa shape index (κ1) is 28.7. The molecule has 1 fully saturated rings. The van der Waals surface area contributed by atoms with Gasteiger partial charge in [-0.25, -0.2) is 19.7 Å². The first-order chi connectivity index (χ1) is 20.9. The molecule has 2 aliphatic rings. The van der Waals surface area contributed by atoms with Gasteiger partial charge in [0.15, 0.2) is 5.82 Å². The Morgan fingerprint density at radius 3 is 2.51 bits per heavy atom. The summed E-state index contributed by atoms with van der Waals surface area (Å²) in [4.78, 5) is 33.6. The molecule has 0 atom stereocenters. The SMILES string of the molecule is COc1ccc(N2C(=O)N(c3c(C)cccc3Cl)Cc3cnc(Nc4ccc(C5CCN(C)CC5)cc4OC)nc32)nc1. The van der Waals surface area contributed by atoms with Gasteiger partial charge >= 0.3 is 6.03 Å². The molecule has 0 unspecified atom stereocenters. The molecular weight excluding hydrogens is 566 g/mol. The summed E-state index contributed by atoms with van der Waals surface area (Å²) in [6.45, 7) is 4.35. The van der Waals surface area contributed by atoms with Crippen LogP contribution in [0.4, 0.5) is 33.8 Å². The lowest BCUT2D eigenvalue weighted by Crippen LogP contribution is -2.46. The summed E-state index contributed by atoms with van der Waals surface area (Å²) in [7, 11) is 5.39. The molecule has 0 radical (unpaired) electrons. The Bertz CT molecular complexity index is 1620. The number of aromatic nitrogens is 3. The van der Waals surface area contributed by atoms with Crippen LogP contribution in [-0.4, -0.2) is 60.2 Å². The van der Waals surface area contributed by atoms with Crippen LogP contribution in [0.1, 0.15) is 35.4 Å². The largest absolute Gasteiger partial charge is 0.495 e. The van der Waals surface area contributed by atoms with E-state index in [0.717, 1.165) is 42.7 Å². The van der Waals surface area contributed by atoms with Gasteiger partial charge in [0.1, 0.15) is 17.3 Å². The highest BCUT2D eigenvalue weighted by Crippen LogP contribution is 2.40. The number of pyridine rings is 1. The fraction of sp³-hybridized carbons (Fsp3) is 0.312. The number of piperidine rings is 1. The summed E-state index contributed by atoms with van der Waals surface area (Å²) in [6.07, 6.45) is 5.54. The molecule has 0 bridgehead atoms. The van der Waals surface area contributed by atoms with Crippen LogP contribution in [0.5, 0.6) is 11.5 Å². The van der Waals surface area contributed by atoms with Crippen molar-refractivity contribution in [1.82, 2.24) is 19.9 Å². The highest BCUT2D eigenvalue weighted by molar-refractivity contribution is 6.34. The Labute approximate surface area is 256 Å². The van der Waals surface area contributed by atoms with Crippen molar-refractivity contribution in [3.8, 4) is 11.5 Å². The number of carbonyl (C=O) groups excluding carboxylic acids is 1. The number of methoxy groups -OCH3 is 2. The number of rotatable bonds is 7. The van der Waals surface area contributed by atoms with Crippen molar-refractivity contribution < 1.29 is 14.3 Å². The van der Waals surface area contributed by atoms with Crippen molar-refractivity contribution in [2.75, 3.05) is 49.5 Å². The number of hydrogen-bond acceptors (Lipinski definition) is 8. The Morgan fingerprint density at radius 1 is 1.00 bits per heavy atom. The van der Waals surface area contributed by atoms with Gasteiger partial charge in [0, 0.05) is 11.8 Å². The minimum Gasteiger partial charge on any atom is -0.495 e. The van der Waals surface area contributed by atoms with E-state index in [-0.39, 0.29) is 12.6 Å². The van der Waals surface area contributed by atoms with Crippen LogP contribution in [0.15, 0.2) is 60.9 Å². The molecule has 222 valence electrons. The minimum atomic E-state index is -0.328. The smallest absolute Gasteiger partial charge is 0.336 e. The highest BCUT2D eigenvalue weighted by atomic mass is 35.5. The Hall–Kier alpha value is -4.41. The van der Waals surface area contributed by atoms with E-state index < -0.39 is 0 Å². The van der Waals surface area contributed by atoms with E-state index in [1.165, 1.54) is 10.5 Å². The van der Waals surface area contributed by atoms with Crippen LogP contribution in [-0.2, 0) is 6.54 Å². The lowest BCUT2D eigenvalue weighted by molar-refractivity contribution is 0.252. The van der Waals surface area contributed by atoms with Crippen LogP contribution in [0.3, 0.4) is 0 Å². The number of carbonyl (C=O) groups is 1. The number of anilines is 5. The fourth-order valence-electron chi connectivity index (χ4n) is 5.71. The van der Waals surface area contributed by atoms with Gasteiger partial charge in [-0.3, -0.25) is 4.90 Å². The van der Waals surface area contributed by atoms with E-state index in [2.05, 4.69) is 39.4 Å².